The van der Waals surface area contributed by atoms with E-state index in [1.807, 2.05) is 18.2 Å². The Morgan fingerprint density at radius 3 is 2.86 bits per heavy atom. The van der Waals surface area contributed by atoms with Gasteiger partial charge in [0.2, 0.25) is 0 Å². The van der Waals surface area contributed by atoms with Crippen molar-refractivity contribution in [2.75, 3.05) is 31.2 Å². The molecular formula is C17H25NO3. The van der Waals surface area contributed by atoms with Crippen LogP contribution in [0.15, 0.2) is 24.3 Å². The fourth-order valence-electron chi connectivity index (χ4n) is 2.66. The summed E-state index contributed by atoms with van der Waals surface area (Å²) in [6.07, 6.45) is 1.69. The van der Waals surface area contributed by atoms with E-state index in [-0.39, 0.29) is 5.92 Å². The van der Waals surface area contributed by atoms with Crippen molar-refractivity contribution in [1.29, 1.82) is 0 Å². The molecule has 2 rings (SSSR count). The Morgan fingerprint density at radius 1 is 1.38 bits per heavy atom. The maximum atomic E-state index is 11.3. The minimum atomic E-state index is -0.713. The molecule has 0 fully saturated rings. The molecule has 4 nitrogen and oxygen atoms in total. The van der Waals surface area contributed by atoms with E-state index in [2.05, 4.69) is 24.8 Å². The number of fused-ring (bicyclic) bond motifs is 1. The Morgan fingerprint density at radius 2 is 2.14 bits per heavy atom. The molecule has 0 aromatic heterocycles. The van der Waals surface area contributed by atoms with Gasteiger partial charge >= 0.3 is 5.97 Å². The van der Waals surface area contributed by atoms with Gasteiger partial charge in [-0.2, -0.15) is 0 Å². The van der Waals surface area contributed by atoms with E-state index < -0.39 is 5.97 Å². The fraction of sp³-hybridized carbons (Fsp3) is 0.588. The SMILES string of the molecule is CC(C)CCOCCN1CC(C(=O)O)Cc2ccccc21. The Kier molecular flexibility index (Phi) is 5.62. The van der Waals surface area contributed by atoms with Crippen molar-refractivity contribution in [3.8, 4) is 0 Å². The van der Waals surface area contributed by atoms with Crippen LogP contribution in [-0.2, 0) is 16.0 Å². The summed E-state index contributed by atoms with van der Waals surface area (Å²) in [6.45, 7) is 7.10. The number of nitrogens with zero attached hydrogens (tertiary/aromatic N) is 1. The van der Waals surface area contributed by atoms with E-state index in [1.165, 1.54) is 0 Å². The Labute approximate surface area is 126 Å². The van der Waals surface area contributed by atoms with Crippen molar-refractivity contribution in [3.63, 3.8) is 0 Å². The van der Waals surface area contributed by atoms with Crippen LogP contribution >= 0.6 is 0 Å². The zero-order valence-electron chi connectivity index (χ0n) is 12.9. The maximum absolute atomic E-state index is 11.3. The second-order valence-electron chi connectivity index (χ2n) is 6.11. The first-order chi connectivity index (χ1) is 10.1. The van der Waals surface area contributed by atoms with Gasteiger partial charge in [0.25, 0.3) is 0 Å². The van der Waals surface area contributed by atoms with Crippen LogP contribution < -0.4 is 4.90 Å². The number of hydrogen-bond acceptors (Lipinski definition) is 3. The summed E-state index contributed by atoms with van der Waals surface area (Å²) in [5, 5.41) is 9.29. The summed E-state index contributed by atoms with van der Waals surface area (Å²) in [5.74, 6) is -0.386. The molecule has 1 N–H and O–H groups in total. The molecule has 1 unspecified atom stereocenters. The number of anilines is 1. The van der Waals surface area contributed by atoms with Gasteiger partial charge in [-0.05, 0) is 30.4 Å². The van der Waals surface area contributed by atoms with Gasteiger partial charge in [-0.1, -0.05) is 32.0 Å². The number of benzene rings is 1. The normalized spacial score (nSPS) is 17.9. The molecule has 0 amide bonds. The van der Waals surface area contributed by atoms with Gasteiger partial charge in [-0.3, -0.25) is 4.79 Å². The summed E-state index contributed by atoms with van der Waals surface area (Å²) in [7, 11) is 0. The Balaban J connectivity index is 1.93. The third-order valence-corrected chi connectivity index (χ3v) is 3.93. The average Bonchev–Trinajstić information content (AvgIpc) is 2.46. The summed E-state index contributed by atoms with van der Waals surface area (Å²) >= 11 is 0. The molecule has 1 atom stereocenters. The number of aliphatic carboxylic acids is 1. The molecular weight excluding hydrogens is 266 g/mol. The Bertz CT molecular complexity index is 473. The third-order valence-electron chi connectivity index (χ3n) is 3.93. The van der Waals surface area contributed by atoms with E-state index >= 15 is 0 Å². The van der Waals surface area contributed by atoms with Gasteiger partial charge in [-0.15, -0.1) is 0 Å². The second-order valence-corrected chi connectivity index (χ2v) is 6.11. The predicted octanol–water partition coefficient (Wildman–Crippen LogP) is 2.81. The second kappa shape index (κ2) is 7.46. The van der Waals surface area contributed by atoms with E-state index in [0.29, 0.717) is 25.5 Å². The zero-order valence-corrected chi connectivity index (χ0v) is 12.9. The van der Waals surface area contributed by atoms with Crippen molar-refractivity contribution >= 4 is 11.7 Å². The molecule has 0 aliphatic carbocycles. The van der Waals surface area contributed by atoms with E-state index in [1.54, 1.807) is 0 Å². The smallest absolute Gasteiger partial charge is 0.308 e. The number of carbonyl (C=O) groups is 1. The van der Waals surface area contributed by atoms with E-state index in [0.717, 1.165) is 30.8 Å². The van der Waals surface area contributed by atoms with E-state index in [4.69, 9.17) is 4.74 Å². The van der Waals surface area contributed by atoms with Gasteiger partial charge < -0.3 is 14.7 Å². The van der Waals surface area contributed by atoms with Crippen molar-refractivity contribution in [2.24, 2.45) is 11.8 Å². The molecule has 4 heteroatoms. The first-order valence-electron chi connectivity index (χ1n) is 7.71. The molecule has 116 valence electrons. The van der Waals surface area contributed by atoms with Crippen LogP contribution in [0.25, 0.3) is 0 Å². The standard InChI is InChI=1S/C17H25NO3/c1-13(2)7-9-21-10-8-18-12-15(17(19)20)11-14-5-3-4-6-16(14)18/h3-6,13,15H,7-12H2,1-2H3,(H,19,20). The van der Waals surface area contributed by atoms with Crippen molar-refractivity contribution in [2.45, 2.75) is 26.7 Å². The van der Waals surface area contributed by atoms with Crippen LogP contribution in [0, 0.1) is 11.8 Å². The summed E-state index contributed by atoms with van der Waals surface area (Å²) in [4.78, 5) is 13.4. The highest BCUT2D eigenvalue weighted by atomic mass is 16.5. The molecule has 1 heterocycles. The highest BCUT2D eigenvalue weighted by Gasteiger charge is 2.28. The van der Waals surface area contributed by atoms with E-state index in [9.17, 15) is 9.90 Å². The fourth-order valence-corrected chi connectivity index (χ4v) is 2.66. The van der Waals surface area contributed by atoms with Crippen molar-refractivity contribution in [1.82, 2.24) is 0 Å². The molecule has 0 saturated carbocycles. The quantitative estimate of drug-likeness (QED) is 0.785. The summed E-state index contributed by atoms with van der Waals surface area (Å²) < 4.78 is 5.67. The number of carboxylic acid groups (broad SMARTS) is 1. The first kappa shape index (κ1) is 15.8. The monoisotopic (exact) mass is 291 g/mol. The molecule has 0 bridgehead atoms. The minimum Gasteiger partial charge on any atom is -0.481 e. The molecule has 0 saturated heterocycles. The summed E-state index contributed by atoms with van der Waals surface area (Å²) in [5.41, 5.74) is 2.28. The number of ether oxygens (including phenoxy) is 1. The molecule has 1 aromatic rings. The maximum Gasteiger partial charge on any atom is 0.308 e. The highest BCUT2D eigenvalue weighted by molar-refractivity contribution is 5.73. The molecule has 1 aliphatic heterocycles. The lowest BCUT2D eigenvalue weighted by Crippen LogP contribution is -2.40. The zero-order chi connectivity index (χ0) is 15.2. The lowest BCUT2D eigenvalue weighted by molar-refractivity contribution is -0.141. The predicted molar refractivity (Wildman–Crippen MR) is 83.8 cm³/mol. The van der Waals surface area contributed by atoms with Crippen molar-refractivity contribution in [3.05, 3.63) is 29.8 Å². The summed E-state index contributed by atoms with van der Waals surface area (Å²) in [6, 6.07) is 8.07. The van der Waals surface area contributed by atoms with Gasteiger partial charge in [0.15, 0.2) is 0 Å². The van der Waals surface area contributed by atoms with Gasteiger partial charge in [0.05, 0.1) is 12.5 Å². The molecule has 0 spiro atoms. The number of carboxylic acids is 1. The number of rotatable bonds is 7. The largest absolute Gasteiger partial charge is 0.481 e. The van der Waals surface area contributed by atoms with Crippen LogP contribution in [0.3, 0.4) is 0 Å². The highest BCUT2D eigenvalue weighted by Crippen LogP contribution is 2.29. The van der Waals surface area contributed by atoms with Crippen LogP contribution in [0.4, 0.5) is 5.69 Å². The first-order valence-corrected chi connectivity index (χ1v) is 7.71. The molecule has 1 aromatic carbocycles. The average molecular weight is 291 g/mol. The number of para-hydroxylation sites is 1. The minimum absolute atomic E-state index is 0.324. The van der Waals surface area contributed by atoms with Gasteiger partial charge in [-0.25, -0.2) is 0 Å². The van der Waals surface area contributed by atoms with Gasteiger partial charge in [0, 0.05) is 25.4 Å². The molecule has 1 aliphatic rings. The van der Waals surface area contributed by atoms with Crippen molar-refractivity contribution < 1.29 is 14.6 Å². The van der Waals surface area contributed by atoms with Crippen LogP contribution in [-0.4, -0.2) is 37.4 Å². The molecule has 0 radical (unpaired) electrons. The van der Waals surface area contributed by atoms with Gasteiger partial charge in [0.1, 0.15) is 0 Å². The lowest BCUT2D eigenvalue weighted by atomic mass is 9.92. The van der Waals surface area contributed by atoms with Crippen LogP contribution in [0.1, 0.15) is 25.8 Å². The lowest BCUT2D eigenvalue weighted by Gasteiger charge is -2.34. The third kappa shape index (κ3) is 4.46. The molecule has 21 heavy (non-hydrogen) atoms. The number of hydrogen-bond donors (Lipinski definition) is 1. The Hall–Kier alpha value is -1.55. The topological polar surface area (TPSA) is 49.8 Å². The van der Waals surface area contributed by atoms with Crippen LogP contribution in [0.5, 0.6) is 0 Å². The van der Waals surface area contributed by atoms with Crippen LogP contribution in [0.2, 0.25) is 0 Å².